The molecule has 1 aliphatic rings. The first-order valence-corrected chi connectivity index (χ1v) is 5.37. The molecule has 84 valence electrons. The molecule has 1 aromatic carbocycles. The first kappa shape index (κ1) is 10.9. The van der Waals surface area contributed by atoms with E-state index < -0.39 is 0 Å². The summed E-state index contributed by atoms with van der Waals surface area (Å²) in [5.74, 6) is 0. The Morgan fingerprint density at radius 1 is 1.38 bits per heavy atom. The molecule has 0 saturated heterocycles. The van der Waals surface area contributed by atoms with E-state index in [0.717, 1.165) is 23.1 Å². The van der Waals surface area contributed by atoms with Crippen LogP contribution < -0.4 is 0 Å². The zero-order valence-electron chi connectivity index (χ0n) is 9.78. The topological polar surface area (TPSA) is 43.1 Å². The SMILES string of the molecule is Cc1ccc2c(c1[N+](=O)[O-])C=CC(C)(C)C2. The Morgan fingerprint density at radius 3 is 2.69 bits per heavy atom. The Balaban J connectivity index is 2.63. The molecule has 0 aliphatic heterocycles. The number of hydrogen-bond donors (Lipinski definition) is 0. The number of benzene rings is 1. The molecular weight excluding hydrogens is 202 g/mol. The van der Waals surface area contributed by atoms with E-state index in [1.807, 2.05) is 18.2 Å². The predicted molar refractivity (Wildman–Crippen MR) is 64.4 cm³/mol. The maximum absolute atomic E-state index is 11.0. The van der Waals surface area contributed by atoms with Crippen molar-refractivity contribution < 1.29 is 4.92 Å². The van der Waals surface area contributed by atoms with Gasteiger partial charge in [-0.25, -0.2) is 0 Å². The number of allylic oxidation sites excluding steroid dienone is 1. The van der Waals surface area contributed by atoms with Crippen molar-refractivity contribution in [3.05, 3.63) is 45.0 Å². The Hall–Kier alpha value is -1.64. The van der Waals surface area contributed by atoms with Gasteiger partial charge in [-0.3, -0.25) is 10.1 Å². The van der Waals surface area contributed by atoms with Crippen molar-refractivity contribution in [1.29, 1.82) is 0 Å². The number of rotatable bonds is 1. The van der Waals surface area contributed by atoms with Crippen LogP contribution in [-0.4, -0.2) is 4.92 Å². The summed E-state index contributed by atoms with van der Waals surface area (Å²) in [5, 5.41) is 11.0. The lowest BCUT2D eigenvalue weighted by Crippen LogP contribution is -2.16. The number of hydrogen-bond acceptors (Lipinski definition) is 2. The first-order valence-electron chi connectivity index (χ1n) is 5.37. The van der Waals surface area contributed by atoms with Crippen LogP contribution in [0.25, 0.3) is 6.08 Å². The van der Waals surface area contributed by atoms with Crippen LogP contribution in [0.3, 0.4) is 0 Å². The fourth-order valence-corrected chi connectivity index (χ4v) is 2.20. The first-order chi connectivity index (χ1) is 7.41. The average Bonchev–Trinajstić information content (AvgIpc) is 2.16. The summed E-state index contributed by atoms with van der Waals surface area (Å²) in [7, 11) is 0. The summed E-state index contributed by atoms with van der Waals surface area (Å²) in [6.45, 7) is 6.06. The molecule has 3 nitrogen and oxygen atoms in total. The molecule has 0 N–H and O–H groups in total. The van der Waals surface area contributed by atoms with Gasteiger partial charge in [0.2, 0.25) is 0 Å². The van der Waals surface area contributed by atoms with E-state index in [9.17, 15) is 10.1 Å². The highest BCUT2D eigenvalue weighted by Crippen LogP contribution is 2.37. The third-order valence-corrected chi connectivity index (χ3v) is 3.04. The Morgan fingerprint density at radius 2 is 2.06 bits per heavy atom. The lowest BCUT2D eigenvalue weighted by molar-refractivity contribution is -0.385. The van der Waals surface area contributed by atoms with Crippen LogP contribution in [0.5, 0.6) is 0 Å². The van der Waals surface area contributed by atoms with Crippen LogP contribution in [0.15, 0.2) is 18.2 Å². The van der Waals surface area contributed by atoms with Crippen LogP contribution in [0.2, 0.25) is 0 Å². The monoisotopic (exact) mass is 217 g/mol. The van der Waals surface area contributed by atoms with E-state index in [1.54, 1.807) is 6.92 Å². The van der Waals surface area contributed by atoms with E-state index in [2.05, 4.69) is 19.9 Å². The third-order valence-electron chi connectivity index (χ3n) is 3.04. The average molecular weight is 217 g/mol. The van der Waals surface area contributed by atoms with Gasteiger partial charge < -0.3 is 0 Å². The van der Waals surface area contributed by atoms with E-state index in [1.165, 1.54) is 0 Å². The zero-order valence-corrected chi connectivity index (χ0v) is 9.78. The smallest absolute Gasteiger partial charge is 0.258 e. The van der Waals surface area contributed by atoms with Crippen molar-refractivity contribution >= 4 is 11.8 Å². The number of aryl methyl sites for hydroxylation is 1. The van der Waals surface area contributed by atoms with Crippen LogP contribution in [0.1, 0.15) is 30.5 Å². The van der Waals surface area contributed by atoms with Crippen molar-refractivity contribution in [1.82, 2.24) is 0 Å². The van der Waals surface area contributed by atoms with Crippen molar-refractivity contribution in [2.24, 2.45) is 5.41 Å². The fourth-order valence-electron chi connectivity index (χ4n) is 2.20. The summed E-state index contributed by atoms with van der Waals surface area (Å²) in [5.41, 5.74) is 2.93. The normalized spacial score (nSPS) is 16.9. The maximum atomic E-state index is 11.0. The van der Waals surface area contributed by atoms with Crippen LogP contribution >= 0.6 is 0 Å². The van der Waals surface area contributed by atoms with Gasteiger partial charge in [-0.15, -0.1) is 0 Å². The second-order valence-corrected chi connectivity index (χ2v) is 5.06. The highest BCUT2D eigenvalue weighted by molar-refractivity contribution is 5.69. The lowest BCUT2D eigenvalue weighted by atomic mass is 9.79. The minimum absolute atomic E-state index is 0.0934. The highest BCUT2D eigenvalue weighted by atomic mass is 16.6. The number of nitro benzene ring substituents is 1. The lowest BCUT2D eigenvalue weighted by Gasteiger charge is -2.25. The maximum Gasteiger partial charge on any atom is 0.279 e. The summed E-state index contributed by atoms with van der Waals surface area (Å²) in [4.78, 5) is 10.7. The quantitative estimate of drug-likeness (QED) is 0.533. The molecule has 0 spiro atoms. The van der Waals surface area contributed by atoms with Gasteiger partial charge in [-0.2, -0.15) is 0 Å². The molecule has 1 aromatic rings. The van der Waals surface area contributed by atoms with Crippen LogP contribution in [-0.2, 0) is 6.42 Å². The molecule has 0 fully saturated rings. The Labute approximate surface area is 94.9 Å². The van der Waals surface area contributed by atoms with E-state index >= 15 is 0 Å². The number of nitro groups is 1. The minimum Gasteiger partial charge on any atom is -0.258 e. The molecule has 2 rings (SSSR count). The molecule has 16 heavy (non-hydrogen) atoms. The number of fused-ring (bicyclic) bond motifs is 1. The molecule has 0 bridgehead atoms. The second-order valence-electron chi connectivity index (χ2n) is 5.06. The van der Waals surface area contributed by atoms with Crippen molar-refractivity contribution in [2.75, 3.05) is 0 Å². The second kappa shape index (κ2) is 3.44. The van der Waals surface area contributed by atoms with E-state index in [4.69, 9.17) is 0 Å². The summed E-state index contributed by atoms with van der Waals surface area (Å²) in [6.07, 6.45) is 4.81. The molecular formula is C13H15NO2. The van der Waals surface area contributed by atoms with Gasteiger partial charge in [0.05, 0.1) is 10.5 Å². The molecule has 1 aliphatic carbocycles. The molecule has 0 amide bonds. The van der Waals surface area contributed by atoms with Crippen molar-refractivity contribution in [3.63, 3.8) is 0 Å². The highest BCUT2D eigenvalue weighted by Gasteiger charge is 2.26. The van der Waals surface area contributed by atoms with Crippen molar-refractivity contribution in [2.45, 2.75) is 27.2 Å². The van der Waals surface area contributed by atoms with E-state index in [0.29, 0.717) is 0 Å². The molecule has 0 saturated carbocycles. The fraction of sp³-hybridized carbons (Fsp3) is 0.385. The summed E-state index contributed by atoms with van der Waals surface area (Å²) >= 11 is 0. The van der Waals surface area contributed by atoms with Gasteiger partial charge >= 0.3 is 0 Å². The molecule has 0 atom stereocenters. The van der Waals surface area contributed by atoms with Gasteiger partial charge in [0.25, 0.3) is 5.69 Å². The van der Waals surface area contributed by atoms with Crippen molar-refractivity contribution in [3.8, 4) is 0 Å². The largest absolute Gasteiger partial charge is 0.279 e. The van der Waals surface area contributed by atoms with Gasteiger partial charge in [0.15, 0.2) is 0 Å². The molecule has 0 radical (unpaired) electrons. The van der Waals surface area contributed by atoms with Crippen LogP contribution in [0.4, 0.5) is 5.69 Å². The zero-order chi connectivity index (χ0) is 11.9. The molecule has 0 unspecified atom stereocenters. The molecule has 3 heteroatoms. The van der Waals surface area contributed by atoms with E-state index in [-0.39, 0.29) is 16.0 Å². The third kappa shape index (κ3) is 1.73. The predicted octanol–water partition coefficient (Wildman–Crippen LogP) is 3.50. The summed E-state index contributed by atoms with van der Waals surface area (Å²) in [6, 6.07) is 3.84. The van der Waals surface area contributed by atoms with Gasteiger partial charge in [-0.05, 0) is 24.3 Å². The number of nitrogens with zero attached hydrogens (tertiary/aromatic N) is 1. The van der Waals surface area contributed by atoms with Gasteiger partial charge in [-0.1, -0.05) is 38.1 Å². The molecule has 0 aromatic heterocycles. The Bertz CT molecular complexity index is 487. The molecule has 0 heterocycles. The Kier molecular flexibility index (Phi) is 2.34. The minimum atomic E-state index is -0.281. The van der Waals surface area contributed by atoms with Gasteiger partial charge in [0.1, 0.15) is 0 Å². The standard InChI is InChI=1S/C13H15NO2/c1-9-4-5-10-8-13(2,3)7-6-11(10)12(9)14(15)16/h4-7H,8H2,1-3H3. The summed E-state index contributed by atoms with van der Waals surface area (Å²) < 4.78 is 0. The van der Waals surface area contributed by atoms with Crippen LogP contribution in [0, 0.1) is 22.5 Å². The van der Waals surface area contributed by atoms with Gasteiger partial charge in [0, 0.05) is 5.56 Å².